The van der Waals surface area contributed by atoms with Gasteiger partial charge in [-0.25, -0.2) is 13.6 Å². The molecule has 6 rings (SSSR count). The van der Waals surface area contributed by atoms with E-state index in [0.717, 1.165) is 6.08 Å². The minimum Gasteiger partial charge on any atom is -0.478 e. The Morgan fingerprint density at radius 3 is 1.53 bits per heavy atom. The van der Waals surface area contributed by atoms with Crippen LogP contribution in [0.25, 0.3) is 27.9 Å². The average molecular weight is 745 g/mol. The Hall–Kier alpha value is -6.12. The van der Waals surface area contributed by atoms with Gasteiger partial charge in [0, 0.05) is 63.5 Å². The summed E-state index contributed by atoms with van der Waals surface area (Å²) in [7, 11) is 0. The number of fused-ring (bicyclic) bond motifs is 2. The molecular weight excluding hydrogens is 716 g/mol. The lowest BCUT2D eigenvalue weighted by Crippen LogP contribution is -2.17. The van der Waals surface area contributed by atoms with Gasteiger partial charge in [0.25, 0.3) is 0 Å². The van der Waals surface area contributed by atoms with Crippen molar-refractivity contribution >= 4 is 40.1 Å². The number of alkyl halides is 6. The van der Waals surface area contributed by atoms with Gasteiger partial charge in [-0.05, 0) is 91.7 Å². The van der Waals surface area contributed by atoms with Crippen LogP contribution >= 0.6 is 0 Å². The molecule has 0 aliphatic carbocycles. The molecule has 1 N–H and O–H groups in total. The molecule has 0 unspecified atom stereocenters. The molecule has 0 amide bonds. The molecule has 4 aromatic carbocycles. The Kier molecular flexibility index (Phi) is 11.0. The van der Waals surface area contributed by atoms with Gasteiger partial charge < -0.3 is 23.7 Å². The zero-order valence-corrected chi connectivity index (χ0v) is 27.7. The highest BCUT2D eigenvalue weighted by molar-refractivity contribution is 5.99. The van der Waals surface area contributed by atoms with Gasteiger partial charge in [-0.15, -0.1) is 26.3 Å². The molecule has 0 fully saturated rings. The number of carbonyl (C=O) groups excluding carboxylic acids is 1. The third-order valence-electron chi connectivity index (χ3n) is 8.12. The summed E-state index contributed by atoms with van der Waals surface area (Å²) in [4.78, 5) is 22.2. The summed E-state index contributed by atoms with van der Waals surface area (Å²) >= 11 is 0. The SMILES string of the molecule is Cc1c(/C=C/C(=O)O)c2cc(F)ccc2n1Cc1cccc(OC(F)(F)F)c1.Cc1c(C=O)c2cc(F)ccc2n1Cc1cccc(OC(F)(F)F)c1. The maximum atomic E-state index is 13.7. The first-order valence-corrected chi connectivity index (χ1v) is 15.5. The number of carboxylic acids is 1. The van der Waals surface area contributed by atoms with E-state index in [1.165, 1.54) is 66.7 Å². The second kappa shape index (κ2) is 15.2. The van der Waals surface area contributed by atoms with Gasteiger partial charge in [-0.1, -0.05) is 24.3 Å². The van der Waals surface area contributed by atoms with E-state index in [0.29, 0.717) is 61.7 Å². The zero-order valence-electron chi connectivity index (χ0n) is 27.7. The summed E-state index contributed by atoms with van der Waals surface area (Å²) in [6, 6.07) is 19.4. The molecule has 0 aliphatic heterocycles. The van der Waals surface area contributed by atoms with Gasteiger partial charge in [0.1, 0.15) is 23.1 Å². The molecule has 53 heavy (non-hydrogen) atoms. The fourth-order valence-corrected chi connectivity index (χ4v) is 5.93. The number of aliphatic carboxylic acids is 1. The number of rotatable bonds is 9. The molecule has 0 saturated heterocycles. The second-order valence-electron chi connectivity index (χ2n) is 11.7. The minimum absolute atomic E-state index is 0.198. The normalized spacial score (nSPS) is 11.9. The smallest absolute Gasteiger partial charge is 0.478 e. The molecule has 0 bridgehead atoms. The molecule has 0 aliphatic rings. The first-order valence-electron chi connectivity index (χ1n) is 15.5. The summed E-state index contributed by atoms with van der Waals surface area (Å²) in [6.07, 6.45) is -6.58. The quantitative estimate of drug-likeness (QED) is 0.0906. The van der Waals surface area contributed by atoms with E-state index in [9.17, 15) is 44.7 Å². The highest BCUT2D eigenvalue weighted by atomic mass is 19.4. The van der Waals surface area contributed by atoms with E-state index in [1.54, 1.807) is 47.2 Å². The highest BCUT2D eigenvalue weighted by Gasteiger charge is 2.32. The fraction of sp³-hybridized carbons (Fsp3) is 0.158. The van der Waals surface area contributed by atoms with Crippen LogP contribution in [-0.4, -0.2) is 39.2 Å². The van der Waals surface area contributed by atoms with Gasteiger partial charge in [0.15, 0.2) is 6.29 Å². The van der Waals surface area contributed by atoms with Crippen molar-refractivity contribution in [2.45, 2.75) is 39.7 Å². The second-order valence-corrected chi connectivity index (χ2v) is 11.7. The van der Waals surface area contributed by atoms with Crippen molar-refractivity contribution in [3.05, 3.63) is 136 Å². The standard InChI is InChI=1S/C20H15F4NO3.C18H13F4NO2/c1-12-16(6-8-19(26)27)17-10-14(21)5-7-18(17)25(12)11-13-3-2-4-15(9-13)28-20(22,23)24;1-11-16(10-24)15-8-13(19)5-6-17(15)23(11)9-12-3-2-4-14(7-12)25-18(20,21)22/h2-10H,11H2,1H3,(H,26,27);2-8,10H,9H2,1H3/b8-6+;. The van der Waals surface area contributed by atoms with Gasteiger partial charge in [-0.2, -0.15) is 0 Å². The Balaban J connectivity index is 0.000000206. The fourth-order valence-electron chi connectivity index (χ4n) is 5.93. The van der Waals surface area contributed by atoms with Crippen LogP contribution in [0.5, 0.6) is 11.5 Å². The van der Waals surface area contributed by atoms with Gasteiger partial charge >= 0.3 is 18.7 Å². The summed E-state index contributed by atoms with van der Waals surface area (Å²) in [5.41, 5.74) is 4.51. The van der Waals surface area contributed by atoms with E-state index >= 15 is 0 Å². The molecule has 2 aromatic heterocycles. The van der Waals surface area contributed by atoms with Crippen LogP contribution in [-0.2, 0) is 17.9 Å². The average Bonchev–Trinajstić information content (AvgIpc) is 3.46. The van der Waals surface area contributed by atoms with Crippen LogP contribution in [0.1, 0.15) is 38.4 Å². The molecule has 2 heterocycles. The first kappa shape index (κ1) is 38.1. The number of aromatic nitrogens is 2. The van der Waals surface area contributed by atoms with Crippen LogP contribution in [0.2, 0.25) is 0 Å². The van der Waals surface area contributed by atoms with Crippen molar-refractivity contribution in [3.8, 4) is 11.5 Å². The summed E-state index contributed by atoms with van der Waals surface area (Å²) in [6.45, 7) is 3.86. The van der Waals surface area contributed by atoms with E-state index in [-0.39, 0.29) is 24.6 Å². The van der Waals surface area contributed by atoms with E-state index in [4.69, 9.17) is 5.11 Å². The Morgan fingerprint density at radius 2 is 1.11 bits per heavy atom. The molecular formula is C38H28F8N2O5. The van der Waals surface area contributed by atoms with Crippen molar-refractivity contribution < 1.29 is 59.3 Å². The molecule has 0 saturated carbocycles. The van der Waals surface area contributed by atoms with Crippen LogP contribution < -0.4 is 9.47 Å². The van der Waals surface area contributed by atoms with E-state index in [2.05, 4.69) is 9.47 Å². The first-order chi connectivity index (χ1) is 24.9. The number of carboxylic acid groups (broad SMARTS) is 1. The Labute approximate surface area is 295 Å². The predicted octanol–water partition coefficient (Wildman–Crippen LogP) is 9.98. The lowest BCUT2D eigenvalue weighted by molar-refractivity contribution is -0.275. The molecule has 0 atom stereocenters. The van der Waals surface area contributed by atoms with Crippen molar-refractivity contribution in [2.75, 3.05) is 0 Å². The van der Waals surface area contributed by atoms with E-state index < -0.39 is 30.3 Å². The highest BCUT2D eigenvalue weighted by Crippen LogP contribution is 2.31. The lowest BCUT2D eigenvalue weighted by Gasteiger charge is -2.12. The third kappa shape index (κ3) is 9.41. The summed E-state index contributed by atoms with van der Waals surface area (Å²) < 4.78 is 113. The largest absolute Gasteiger partial charge is 0.573 e. The summed E-state index contributed by atoms with van der Waals surface area (Å²) in [5.74, 6) is -2.74. The maximum Gasteiger partial charge on any atom is 0.573 e. The van der Waals surface area contributed by atoms with Gasteiger partial charge in [0.05, 0.1) is 0 Å². The topological polar surface area (TPSA) is 82.7 Å². The van der Waals surface area contributed by atoms with Crippen molar-refractivity contribution in [1.82, 2.24) is 9.13 Å². The minimum atomic E-state index is -4.79. The van der Waals surface area contributed by atoms with Gasteiger partial charge in [0.2, 0.25) is 0 Å². The number of benzene rings is 4. The van der Waals surface area contributed by atoms with Crippen molar-refractivity contribution in [2.24, 2.45) is 0 Å². The predicted molar refractivity (Wildman–Crippen MR) is 180 cm³/mol. The molecule has 6 aromatic rings. The number of carbonyl (C=O) groups is 2. The maximum absolute atomic E-state index is 13.7. The number of halogens is 8. The molecule has 0 spiro atoms. The van der Waals surface area contributed by atoms with E-state index in [1.807, 2.05) is 0 Å². The van der Waals surface area contributed by atoms with Crippen LogP contribution in [0.4, 0.5) is 35.1 Å². The van der Waals surface area contributed by atoms with Crippen molar-refractivity contribution in [3.63, 3.8) is 0 Å². The Bertz CT molecular complexity index is 2340. The number of aldehydes is 1. The lowest BCUT2D eigenvalue weighted by atomic mass is 10.1. The Morgan fingerprint density at radius 1 is 0.679 bits per heavy atom. The molecule has 276 valence electrons. The molecule has 0 radical (unpaired) electrons. The monoisotopic (exact) mass is 744 g/mol. The van der Waals surface area contributed by atoms with Crippen molar-refractivity contribution in [1.29, 1.82) is 0 Å². The van der Waals surface area contributed by atoms with Crippen LogP contribution in [0.3, 0.4) is 0 Å². The number of hydrogen-bond donors (Lipinski definition) is 1. The van der Waals surface area contributed by atoms with Crippen LogP contribution in [0.15, 0.2) is 91.0 Å². The molecule has 7 nitrogen and oxygen atoms in total. The third-order valence-corrected chi connectivity index (χ3v) is 8.12. The zero-order chi connectivity index (χ0) is 38.7. The number of nitrogens with zero attached hydrogens (tertiary/aromatic N) is 2. The number of ether oxygens (including phenoxy) is 2. The van der Waals surface area contributed by atoms with Gasteiger partial charge in [-0.3, -0.25) is 4.79 Å². The number of hydrogen-bond acceptors (Lipinski definition) is 4. The van der Waals surface area contributed by atoms with Crippen LogP contribution in [0, 0.1) is 25.5 Å². The molecule has 15 heteroatoms. The summed E-state index contributed by atoms with van der Waals surface area (Å²) in [5, 5.41) is 9.86.